The monoisotopic (exact) mass is 482 g/mol. The second kappa shape index (κ2) is 9.41. The van der Waals surface area contributed by atoms with Gasteiger partial charge in [0.25, 0.3) is 5.91 Å². The Kier molecular flexibility index (Phi) is 6.60. The molecule has 0 bridgehead atoms. The molecule has 1 amide bonds. The molecule has 0 aliphatic carbocycles. The molecule has 0 saturated carbocycles. The zero-order valence-electron chi connectivity index (χ0n) is 17.5. The molecular weight excluding hydrogens is 463 g/mol. The smallest absolute Gasteiger partial charge is 0.271 e. The highest BCUT2D eigenvalue weighted by atomic mass is 35.5. The molecular formula is C25H20Cl2N2O2S. The first-order chi connectivity index (χ1) is 15.3. The Hall–Kier alpha value is -2.73. The van der Waals surface area contributed by atoms with Crippen LogP contribution in [-0.4, -0.2) is 11.1 Å². The predicted octanol–water partition coefficient (Wildman–Crippen LogP) is 7.24. The zero-order chi connectivity index (χ0) is 22.8. The second-order valence-electron chi connectivity index (χ2n) is 7.39. The normalized spacial score (nSPS) is 15.0. The van der Waals surface area contributed by atoms with Crippen LogP contribution in [0.3, 0.4) is 0 Å². The van der Waals surface area contributed by atoms with Gasteiger partial charge in [0.1, 0.15) is 12.4 Å². The highest BCUT2D eigenvalue weighted by Crippen LogP contribution is 2.37. The lowest BCUT2D eigenvalue weighted by Crippen LogP contribution is -2.28. The molecule has 3 aromatic rings. The first-order valence-electron chi connectivity index (χ1n) is 9.89. The second-order valence-corrected chi connectivity index (χ2v) is 9.26. The van der Waals surface area contributed by atoms with Crippen molar-refractivity contribution in [3.63, 3.8) is 0 Å². The van der Waals surface area contributed by atoms with Crippen LogP contribution in [0.4, 0.5) is 5.69 Å². The fourth-order valence-electron chi connectivity index (χ4n) is 3.26. The van der Waals surface area contributed by atoms with E-state index in [2.05, 4.69) is 0 Å². The van der Waals surface area contributed by atoms with Gasteiger partial charge in [-0.25, -0.2) is 0 Å². The van der Waals surface area contributed by atoms with Crippen LogP contribution in [0.15, 0.2) is 65.6 Å². The van der Waals surface area contributed by atoms with Gasteiger partial charge in [-0.3, -0.25) is 15.1 Å². The number of aryl methyl sites for hydroxylation is 2. The van der Waals surface area contributed by atoms with Crippen LogP contribution < -0.4 is 9.64 Å². The van der Waals surface area contributed by atoms with Gasteiger partial charge < -0.3 is 4.74 Å². The molecule has 0 spiro atoms. The number of halogens is 2. The summed E-state index contributed by atoms with van der Waals surface area (Å²) >= 11 is 13.6. The average molecular weight is 483 g/mol. The van der Waals surface area contributed by atoms with Crippen molar-refractivity contribution < 1.29 is 9.53 Å². The highest BCUT2D eigenvalue weighted by molar-refractivity contribution is 8.19. The maximum Gasteiger partial charge on any atom is 0.271 e. The molecule has 1 aliphatic rings. The molecule has 0 radical (unpaired) electrons. The standard InChI is InChI=1S/C25H20Cl2N2O2S/c1-15-7-9-20(11-16(15)2)29-24(30)23(32-25(29)28)13-18-12-19(26)8-10-22(18)31-14-17-5-3-4-6-21(17)27/h3-13,28H,14H2,1-2H3/b23-13-,28-25?. The van der Waals surface area contributed by atoms with E-state index in [1.165, 1.54) is 4.90 Å². The first-order valence-corrected chi connectivity index (χ1v) is 11.5. The number of hydrogen-bond acceptors (Lipinski definition) is 4. The number of anilines is 1. The number of carbonyl (C=O) groups excluding carboxylic acids is 1. The minimum absolute atomic E-state index is 0.157. The van der Waals surface area contributed by atoms with Crippen LogP contribution in [0.2, 0.25) is 10.0 Å². The van der Waals surface area contributed by atoms with Crippen molar-refractivity contribution in [3.05, 3.63) is 97.9 Å². The van der Waals surface area contributed by atoms with E-state index in [9.17, 15) is 4.79 Å². The molecule has 1 heterocycles. The number of benzene rings is 3. The molecule has 1 aliphatic heterocycles. The number of ether oxygens (including phenoxy) is 1. The largest absolute Gasteiger partial charge is 0.488 e. The molecule has 4 nitrogen and oxygen atoms in total. The number of thioether (sulfide) groups is 1. The summed E-state index contributed by atoms with van der Waals surface area (Å²) in [6.07, 6.45) is 1.72. The van der Waals surface area contributed by atoms with E-state index in [0.29, 0.717) is 32.0 Å². The molecule has 0 atom stereocenters. The Bertz CT molecular complexity index is 1260. The third-order valence-corrected chi connectivity index (χ3v) is 6.66. The third-order valence-electron chi connectivity index (χ3n) is 5.17. The molecule has 3 aromatic carbocycles. The topological polar surface area (TPSA) is 53.4 Å². The molecule has 1 fully saturated rings. The third kappa shape index (κ3) is 4.70. The number of hydrogen-bond donors (Lipinski definition) is 1. The number of nitrogens with zero attached hydrogens (tertiary/aromatic N) is 1. The van der Waals surface area contributed by atoms with Gasteiger partial charge >= 0.3 is 0 Å². The molecule has 1 N–H and O–H groups in total. The molecule has 162 valence electrons. The van der Waals surface area contributed by atoms with Crippen LogP contribution in [-0.2, 0) is 11.4 Å². The number of carbonyl (C=O) groups is 1. The van der Waals surface area contributed by atoms with Gasteiger partial charge in [-0.05, 0) is 79.2 Å². The molecule has 1 saturated heterocycles. The van der Waals surface area contributed by atoms with Crippen LogP contribution in [0.5, 0.6) is 5.75 Å². The van der Waals surface area contributed by atoms with E-state index in [-0.39, 0.29) is 17.7 Å². The van der Waals surface area contributed by atoms with E-state index >= 15 is 0 Å². The maximum atomic E-state index is 13.1. The van der Waals surface area contributed by atoms with Crippen LogP contribution >= 0.6 is 35.0 Å². The van der Waals surface area contributed by atoms with Gasteiger partial charge in [0.15, 0.2) is 5.17 Å². The maximum absolute atomic E-state index is 13.1. The van der Waals surface area contributed by atoms with Gasteiger partial charge in [0.2, 0.25) is 0 Å². The summed E-state index contributed by atoms with van der Waals surface area (Å²) in [6, 6.07) is 18.4. The molecule has 0 aromatic heterocycles. The summed E-state index contributed by atoms with van der Waals surface area (Å²) in [4.78, 5) is 15.0. The SMILES string of the molecule is Cc1ccc(N2C(=N)S/C(=C\c3cc(Cl)ccc3OCc3ccccc3Cl)C2=O)cc1C. The summed E-state index contributed by atoms with van der Waals surface area (Å²) in [5.74, 6) is 0.326. The fraction of sp³-hybridized carbons (Fsp3) is 0.120. The van der Waals surface area contributed by atoms with Crippen molar-refractivity contribution in [2.24, 2.45) is 0 Å². The average Bonchev–Trinajstić information content (AvgIpc) is 3.03. The molecule has 4 rings (SSSR count). The van der Waals surface area contributed by atoms with Crippen LogP contribution in [0.25, 0.3) is 6.08 Å². The van der Waals surface area contributed by atoms with Crippen molar-refractivity contribution in [2.75, 3.05) is 4.90 Å². The van der Waals surface area contributed by atoms with E-state index in [4.69, 9.17) is 33.3 Å². The van der Waals surface area contributed by atoms with E-state index < -0.39 is 0 Å². The van der Waals surface area contributed by atoms with E-state index in [0.717, 1.165) is 28.5 Å². The first kappa shape index (κ1) is 22.5. The summed E-state index contributed by atoms with van der Waals surface area (Å²) in [7, 11) is 0. The van der Waals surface area contributed by atoms with Gasteiger partial charge in [0.05, 0.1) is 10.6 Å². The van der Waals surface area contributed by atoms with Crippen LogP contribution in [0.1, 0.15) is 22.3 Å². The van der Waals surface area contributed by atoms with Gasteiger partial charge in [-0.1, -0.05) is 47.5 Å². The van der Waals surface area contributed by atoms with Crippen molar-refractivity contribution in [2.45, 2.75) is 20.5 Å². The van der Waals surface area contributed by atoms with E-state index in [1.807, 2.05) is 56.3 Å². The van der Waals surface area contributed by atoms with E-state index in [1.54, 1.807) is 24.3 Å². The summed E-state index contributed by atoms with van der Waals surface area (Å²) in [6.45, 7) is 4.28. The van der Waals surface area contributed by atoms with Crippen molar-refractivity contribution in [1.29, 1.82) is 5.41 Å². The Morgan fingerprint density at radius 1 is 1.03 bits per heavy atom. The minimum atomic E-state index is -0.250. The molecule has 0 unspecified atom stereocenters. The quantitative estimate of drug-likeness (QED) is 0.389. The number of nitrogens with one attached hydrogen (secondary N) is 1. The summed E-state index contributed by atoms with van der Waals surface area (Å²) in [5, 5.41) is 9.67. The van der Waals surface area contributed by atoms with Gasteiger partial charge in [-0.2, -0.15) is 0 Å². The molecule has 7 heteroatoms. The Morgan fingerprint density at radius 2 is 1.81 bits per heavy atom. The Morgan fingerprint density at radius 3 is 2.56 bits per heavy atom. The Balaban J connectivity index is 1.62. The lowest BCUT2D eigenvalue weighted by atomic mass is 10.1. The Labute approximate surface area is 201 Å². The summed E-state index contributed by atoms with van der Waals surface area (Å²) in [5.41, 5.74) is 4.40. The van der Waals surface area contributed by atoms with Crippen molar-refractivity contribution in [1.82, 2.24) is 0 Å². The fourth-order valence-corrected chi connectivity index (χ4v) is 4.49. The highest BCUT2D eigenvalue weighted by Gasteiger charge is 2.34. The van der Waals surface area contributed by atoms with Crippen molar-refractivity contribution >= 4 is 57.8 Å². The van der Waals surface area contributed by atoms with Crippen molar-refractivity contribution in [3.8, 4) is 5.75 Å². The number of rotatable bonds is 5. The molecule has 32 heavy (non-hydrogen) atoms. The summed E-state index contributed by atoms with van der Waals surface area (Å²) < 4.78 is 6.00. The number of amides is 1. The van der Waals surface area contributed by atoms with Crippen LogP contribution in [0, 0.1) is 19.3 Å². The van der Waals surface area contributed by atoms with Gasteiger partial charge in [-0.15, -0.1) is 0 Å². The zero-order valence-corrected chi connectivity index (χ0v) is 19.8. The number of amidine groups is 1. The minimum Gasteiger partial charge on any atom is -0.488 e. The predicted molar refractivity (Wildman–Crippen MR) is 134 cm³/mol. The lowest BCUT2D eigenvalue weighted by Gasteiger charge is -2.15. The lowest BCUT2D eigenvalue weighted by molar-refractivity contribution is -0.113. The van der Waals surface area contributed by atoms with Gasteiger partial charge in [0, 0.05) is 21.2 Å².